The molecular formula is C17H24N5O5+. The van der Waals surface area contributed by atoms with Crippen LogP contribution in [-0.2, 0) is 17.9 Å². The minimum absolute atomic E-state index is 0.0266. The van der Waals surface area contributed by atoms with Gasteiger partial charge in [-0.1, -0.05) is 6.92 Å². The Balaban J connectivity index is 2.01. The number of hydrogen-bond acceptors (Lipinski definition) is 6. The third kappa shape index (κ3) is 5.17. The van der Waals surface area contributed by atoms with Crippen molar-refractivity contribution >= 4 is 17.5 Å². The highest BCUT2D eigenvalue weighted by atomic mass is 16.3. The molecule has 0 aliphatic carbocycles. The van der Waals surface area contributed by atoms with Crippen LogP contribution in [0.2, 0.25) is 0 Å². The summed E-state index contributed by atoms with van der Waals surface area (Å²) < 4.78 is 6.29. The first-order valence-electron chi connectivity index (χ1n) is 8.59. The van der Waals surface area contributed by atoms with Crippen LogP contribution in [0.5, 0.6) is 0 Å². The molecule has 146 valence electrons. The average molecular weight is 378 g/mol. The molecule has 0 aromatic carbocycles. The van der Waals surface area contributed by atoms with Gasteiger partial charge in [0.1, 0.15) is 23.7 Å². The van der Waals surface area contributed by atoms with Crippen LogP contribution in [0.15, 0.2) is 32.4 Å². The fourth-order valence-corrected chi connectivity index (χ4v) is 2.66. The number of Topliss-reactive ketones (excluding diaryl/α,β-unsaturated/α-hetero) is 1. The molecule has 1 amide bonds. The van der Waals surface area contributed by atoms with E-state index in [2.05, 4.69) is 10.3 Å². The normalized spacial score (nSPS) is 11.9. The van der Waals surface area contributed by atoms with Gasteiger partial charge in [0.15, 0.2) is 6.54 Å². The summed E-state index contributed by atoms with van der Waals surface area (Å²) in [6, 6.07) is 3.46. The van der Waals surface area contributed by atoms with E-state index in [0.29, 0.717) is 23.6 Å². The second-order valence-corrected chi connectivity index (χ2v) is 6.26. The predicted octanol–water partition coefficient (Wildman–Crippen LogP) is -1.86. The lowest BCUT2D eigenvalue weighted by molar-refractivity contribution is -0.862. The molecule has 2 heterocycles. The molecule has 0 spiro atoms. The number of rotatable bonds is 9. The van der Waals surface area contributed by atoms with Crippen LogP contribution in [0, 0.1) is 0 Å². The number of furan rings is 1. The van der Waals surface area contributed by atoms with Gasteiger partial charge >= 0.3 is 5.69 Å². The molecule has 1 atom stereocenters. The van der Waals surface area contributed by atoms with Crippen LogP contribution in [0.3, 0.4) is 0 Å². The summed E-state index contributed by atoms with van der Waals surface area (Å²) in [6.07, 6.45) is 2.13. The van der Waals surface area contributed by atoms with Crippen LogP contribution in [0.1, 0.15) is 29.5 Å². The molecule has 0 fully saturated rings. The summed E-state index contributed by atoms with van der Waals surface area (Å²) in [5.41, 5.74) is 4.16. The Morgan fingerprint density at radius 1 is 1.33 bits per heavy atom. The summed E-state index contributed by atoms with van der Waals surface area (Å²) in [7, 11) is 1.65. The van der Waals surface area contributed by atoms with Gasteiger partial charge in [0, 0.05) is 6.54 Å². The van der Waals surface area contributed by atoms with Crippen molar-refractivity contribution in [1.82, 2.24) is 14.9 Å². The van der Waals surface area contributed by atoms with E-state index in [-0.39, 0.29) is 36.9 Å². The van der Waals surface area contributed by atoms with Gasteiger partial charge in [0.05, 0.1) is 19.9 Å². The highest BCUT2D eigenvalue weighted by Crippen LogP contribution is 2.04. The van der Waals surface area contributed by atoms with E-state index in [9.17, 15) is 19.2 Å². The van der Waals surface area contributed by atoms with E-state index in [1.165, 1.54) is 10.8 Å². The number of hydrogen-bond donors (Lipinski definition) is 4. The van der Waals surface area contributed by atoms with Gasteiger partial charge < -0.3 is 20.4 Å². The second-order valence-electron chi connectivity index (χ2n) is 6.26. The van der Waals surface area contributed by atoms with Crippen LogP contribution >= 0.6 is 0 Å². The van der Waals surface area contributed by atoms with Crippen LogP contribution in [0.4, 0.5) is 5.82 Å². The van der Waals surface area contributed by atoms with Crippen LogP contribution < -0.4 is 27.2 Å². The number of H-pyrrole nitrogens is 1. The SMILES string of the molecule is CCCn1c(N)c(C(=O)C[NH+](C)CC(=O)NCc2ccco2)c(=O)[nH]c1=O. The van der Waals surface area contributed by atoms with Gasteiger partial charge in [-0.3, -0.25) is 23.9 Å². The summed E-state index contributed by atoms with van der Waals surface area (Å²) in [4.78, 5) is 51.0. The number of nitrogens with one attached hydrogen (secondary N) is 3. The molecule has 2 aromatic heterocycles. The number of aromatic nitrogens is 2. The lowest BCUT2D eigenvalue weighted by atomic mass is 10.2. The Bertz CT molecular complexity index is 913. The fraction of sp³-hybridized carbons (Fsp3) is 0.412. The Kier molecular flexibility index (Phi) is 6.72. The number of likely N-dealkylation sites (N-methyl/N-ethyl adjacent to an activating group) is 1. The number of quaternary nitrogens is 1. The zero-order chi connectivity index (χ0) is 20.0. The third-order valence-electron chi connectivity index (χ3n) is 3.93. The predicted molar refractivity (Wildman–Crippen MR) is 97.5 cm³/mol. The first kappa shape index (κ1) is 20.2. The number of nitrogen functional groups attached to an aromatic ring is 1. The molecule has 1 unspecified atom stereocenters. The first-order chi connectivity index (χ1) is 12.8. The molecule has 0 bridgehead atoms. The maximum Gasteiger partial charge on any atom is 0.329 e. The molecule has 27 heavy (non-hydrogen) atoms. The summed E-state index contributed by atoms with van der Waals surface area (Å²) >= 11 is 0. The minimum atomic E-state index is -0.815. The molecule has 10 nitrogen and oxygen atoms in total. The molecule has 2 rings (SSSR count). The molecule has 2 aromatic rings. The Hall–Kier alpha value is -3.14. The van der Waals surface area contributed by atoms with Gasteiger partial charge in [-0.2, -0.15) is 0 Å². The van der Waals surface area contributed by atoms with Gasteiger partial charge in [-0.05, 0) is 18.6 Å². The van der Waals surface area contributed by atoms with Gasteiger partial charge in [0.25, 0.3) is 11.5 Å². The number of aromatic amines is 1. The van der Waals surface area contributed by atoms with Gasteiger partial charge in [-0.25, -0.2) is 4.79 Å². The van der Waals surface area contributed by atoms with Crippen molar-refractivity contribution in [2.45, 2.75) is 26.4 Å². The molecule has 10 heteroatoms. The zero-order valence-corrected chi connectivity index (χ0v) is 15.3. The molecule has 5 N–H and O–H groups in total. The van der Waals surface area contributed by atoms with Crippen molar-refractivity contribution < 1.29 is 18.9 Å². The minimum Gasteiger partial charge on any atom is -0.467 e. The molecule has 0 radical (unpaired) electrons. The summed E-state index contributed by atoms with van der Waals surface area (Å²) in [5.74, 6) is -0.329. The van der Waals surface area contributed by atoms with E-state index in [1.807, 2.05) is 6.92 Å². The van der Waals surface area contributed by atoms with Crippen molar-refractivity contribution in [2.24, 2.45) is 0 Å². The van der Waals surface area contributed by atoms with E-state index >= 15 is 0 Å². The number of nitrogens with zero attached hydrogens (tertiary/aromatic N) is 1. The zero-order valence-electron chi connectivity index (χ0n) is 15.3. The van der Waals surface area contributed by atoms with Crippen molar-refractivity contribution in [2.75, 3.05) is 25.9 Å². The lowest BCUT2D eigenvalue weighted by Gasteiger charge is -2.14. The Morgan fingerprint density at radius 3 is 2.70 bits per heavy atom. The molecule has 0 aliphatic rings. The maximum atomic E-state index is 12.5. The smallest absolute Gasteiger partial charge is 0.329 e. The lowest BCUT2D eigenvalue weighted by Crippen LogP contribution is -3.11. The average Bonchev–Trinajstić information content (AvgIpc) is 3.10. The molecule has 0 aliphatic heterocycles. The fourth-order valence-electron chi connectivity index (χ4n) is 2.66. The quantitative estimate of drug-likeness (QED) is 0.377. The van der Waals surface area contributed by atoms with Crippen LogP contribution in [-0.4, -0.2) is 41.4 Å². The number of anilines is 1. The molecule has 0 saturated carbocycles. The van der Waals surface area contributed by atoms with Crippen molar-refractivity contribution in [3.63, 3.8) is 0 Å². The van der Waals surface area contributed by atoms with E-state index < -0.39 is 17.0 Å². The topological polar surface area (TPSA) is 145 Å². The number of amides is 1. The van der Waals surface area contributed by atoms with E-state index in [4.69, 9.17) is 10.2 Å². The number of ketones is 1. The van der Waals surface area contributed by atoms with Crippen molar-refractivity contribution in [3.8, 4) is 0 Å². The highest BCUT2D eigenvalue weighted by Gasteiger charge is 2.23. The molecular weight excluding hydrogens is 354 g/mol. The first-order valence-corrected chi connectivity index (χ1v) is 8.59. The third-order valence-corrected chi connectivity index (χ3v) is 3.93. The number of nitrogens with two attached hydrogens (primary N) is 1. The Labute approximate surface area is 155 Å². The summed E-state index contributed by atoms with van der Waals surface area (Å²) in [6.45, 7) is 2.30. The van der Waals surface area contributed by atoms with Crippen molar-refractivity contribution in [1.29, 1.82) is 0 Å². The number of carbonyl (C=O) groups is 2. The van der Waals surface area contributed by atoms with Gasteiger partial charge in [0.2, 0.25) is 5.78 Å². The monoisotopic (exact) mass is 378 g/mol. The van der Waals surface area contributed by atoms with Gasteiger partial charge in [-0.15, -0.1) is 0 Å². The standard InChI is InChI=1S/C17H23N5O5/c1-3-6-22-15(18)14(16(25)20-17(22)26)12(23)9-21(2)10-13(24)19-8-11-5-4-7-27-11/h4-5,7H,3,6,8-10,18H2,1-2H3,(H,19,24)(H,20,25,26)/p+1. The second kappa shape index (κ2) is 8.99. The van der Waals surface area contributed by atoms with E-state index in [0.717, 1.165) is 0 Å². The molecule has 0 saturated heterocycles. The Morgan fingerprint density at radius 2 is 2.07 bits per heavy atom. The summed E-state index contributed by atoms with van der Waals surface area (Å²) in [5, 5.41) is 2.68. The number of carbonyl (C=O) groups excluding carboxylic acids is 2. The highest BCUT2D eigenvalue weighted by molar-refractivity contribution is 6.00. The van der Waals surface area contributed by atoms with E-state index in [1.54, 1.807) is 19.2 Å². The van der Waals surface area contributed by atoms with Crippen molar-refractivity contribution in [3.05, 3.63) is 50.6 Å². The maximum absolute atomic E-state index is 12.5. The van der Waals surface area contributed by atoms with Crippen LogP contribution in [0.25, 0.3) is 0 Å². The largest absolute Gasteiger partial charge is 0.467 e.